The summed E-state index contributed by atoms with van der Waals surface area (Å²) in [6, 6.07) is 0. The summed E-state index contributed by atoms with van der Waals surface area (Å²) >= 11 is 0. The first kappa shape index (κ1) is 81.4. The number of hydrogen-bond donors (Lipinski definition) is 0. The Bertz CT molecular complexity index is 1250. The average Bonchev–Trinajstić information content (AvgIpc) is 3.49. The molecule has 0 aliphatic rings. The third-order valence-electron chi connectivity index (χ3n) is 18.1. The van der Waals surface area contributed by atoms with Crippen LogP contribution in [0.2, 0.25) is 0 Å². The van der Waals surface area contributed by atoms with Crippen LogP contribution in [0.25, 0.3) is 0 Å². The summed E-state index contributed by atoms with van der Waals surface area (Å²) in [5, 5.41) is 0. The minimum absolute atomic E-state index is 0.0603. The molecular formula is C77H150O6. The van der Waals surface area contributed by atoms with Gasteiger partial charge in [-0.25, -0.2) is 0 Å². The van der Waals surface area contributed by atoms with Gasteiger partial charge in [0.2, 0.25) is 0 Å². The lowest BCUT2D eigenvalue weighted by Crippen LogP contribution is -2.30. The van der Waals surface area contributed by atoms with Crippen molar-refractivity contribution in [2.45, 2.75) is 463 Å². The molecule has 0 aromatic heterocycles. The van der Waals surface area contributed by atoms with E-state index in [9.17, 15) is 14.4 Å². The molecule has 0 heterocycles. The van der Waals surface area contributed by atoms with Crippen molar-refractivity contribution >= 4 is 17.9 Å². The highest BCUT2D eigenvalue weighted by Gasteiger charge is 2.20. The summed E-state index contributed by atoms with van der Waals surface area (Å²) < 4.78 is 17.0. The van der Waals surface area contributed by atoms with Crippen LogP contribution in [0.15, 0.2) is 0 Å². The molecule has 0 amide bonds. The molecule has 0 fully saturated rings. The zero-order valence-corrected chi connectivity index (χ0v) is 57.0. The Morgan fingerprint density at radius 2 is 0.325 bits per heavy atom. The first-order valence-corrected chi connectivity index (χ1v) is 38.5. The molecule has 1 atom stereocenters. The smallest absolute Gasteiger partial charge is 0.306 e. The summed E-state index contributed by atoms with van der Waals surface area (Å²) in [5.74, 6) is -0.820. The third-order valence-corrected chi connectivity index (χ3v) is 18.1. The van der Waals surface area contributed by atoms with Gasteiger partial charge in [0.15, 0.2) is 6.10 Å². The van der Waals surface area contributed by atoms with E-state index in [4.69, 9.17) is 14.2 Å². The predicted octanol–water partition coefficient (Wildman–Crippen LogP) is 26.6. The Morgan fingerprint density at radius 3 is 0.482 bits per heavy atom. The summed E-state index contributed by atoms with van der Waals surface area (Å²) in [4.78, 5) is 38.4. The first-order valence-electron chi connectivity index (χ1n) is 38.5. The lowest BCUT2D eigenvalue weighted by molar-refractivity contribution is -0.167. The van der Waals surface area contributed by atoms with Crippen LogP contribution in [0, 0.1) is 0 Å². The van der Waals surface area contributed by atoms with E-state index in [2.05, 4.69) is 20.8 Å². The van der Waals surface area contributed by atoms with Crippen LogP contribution in [0.5, 0.6) is 0 Å². The molecule has 0 aliphatic carbocycles. The minimum Gasteiger partial charge on any atom is -0.462 e. The van der Waals surface area contributed by atoms with Crippen LogP contribution < -0.4 is 0 Å². The van der Waals surface area contributed by atoms with Gasteiger partial charge in [0.25, 0.3) is 0 Å². The Kier molecular flexibility index (Phi) is 71.5. The van der Waals surface area contributed by atoms with Crippen LogP contribution in [0.3, 0.4) is 0 Å². The normalized spacial score (nSPS) is 11.9. The van der Waals surface area contributed by atoms with Crippen molar-refractivity contribution in [1.82, 2.24) is 0 Å². The molecule has 1 unspecified atom stereocenters. The summed E-state index contributed by atoms with van der Waals surface area (Å²) in [5.41, 5.74) is 0. The zero-order chi connectivity index (χ0) is 59.9. The van der Waals surface area contributed by atoms with Crippen molar-refractivity contribution in [2.75, 3.05) is 13.2 Å². The maximum absolute atomic E-state index is 12.9. The number of esters is 3. The average molecular weight is 1170 g/mol. The molecule has 6 heteroatoms. The number of ether oxygens (including phenoxy) is 3. The standard InChI is InChI=1S/C77H150O6/c1-4-7-10-13-16-19-22-25-27-29-31-32-33-34-35-36-37-38-39-40-41-42-43-44-45-46-47-49-50-52-55-58-61-64-67-70-76(79)82-73-74(72-81-75(78)69-66-63-60-57-54-24-21-18-15-12-9-6-3)83-77(80)71-68-65-62-59-56-53-51-48-30-28-26-23-20-17-14-11-8-5-2/h74H,4-73H2,1-3H3. The van der Waals surface area contributed by atoms with Crippen LogP contribution in [0.1, 0.15) is 457 Å². The van der Waals surface area contributed by atoms with E-state index in [1.165, 1.54) is 360 Å². The Labute approximate surface area is 520 Å². The zero-order valence-electron chi connectivity index (χ0n) is 57.0. The molecule has 0 radical (unpaired) electrons. The molecule has 0 aromatic carbocycles. The van der Waals surface area contributed by atoms with E-state index in [-0.39, 0.29) is 31.1 Å². The molecule has 0 saturated carbocycles. The third kappa shape index (κ3) is 71.1. The van der Waals surface area contributed by atoms with E-state index in [0.29, 0.717) is 19.3 Å². The second-order valence-corrected chi connectivity index (χ2v) is 26.6. The van der Waals surface area contributed by atoms with Gasteiger partial charge in [0.05, 0.1) is 0 Å². The van der Waals surface area contributed by atoms with Crippen molar-refractivity contribution < 1.29 is 28.6 Å². The SMILES string of the molecule is CCCCCCCCCCCCCCCCCCCCCCCCCCCCCCCCCCCCCC(=O)OCC(COC(=O)CCCCCCCCCCCCCC)OC(=O)CCCCCCCCCCCCCCCCCCCC. The fraction of sp³-hybridized carbons (Fsp3) is 0.961. The van der Waals surface area contributed by atoms with Crippen LogP contribution in [-0.2, 0) is 28.6 Å². The number of carbonyl (C=O) groups is 3. The van der Waals surface area contributed by atoms with Gasteiger partial charge in [-0.2, -0.15) is 0 Å². The minimum atomic E-state index is -0.763. The van der Waals surface area contributed by atoms with Gasteiger partial charge in [0, 0.05) is 19.3 Å². The van der Waals surface area contributed by atoms with Crippen molar-refractivity contribution in [3.63, 3.8) is 0 Å². The number of rotatable bonds is 73. The lowest BCUT2D eigenvalue weighted by atomic mass is 10.0. The fourth-order valence-electron chi connectivity index (χ4n) is 12.3. The Morgan fingerprint density at radius 1 is 0.193 bits per heavy atom. The topological polar surface area (TPSA) is 78.9 Å². The summed E-state index contributed by atoms with van der Waals surface area (Å²) in [7, 11) is 0. The molecule has 0 aromatic rings. The van der Waals surface area contributed by atoms with Crippen molar-refractivity contribution in [3.8, 4) is 0 Å². The van der Waals surface area contributed by atoms with Gasteiger partial charge in [0.1, 0.15) is 13.2 Å². The van der Waals surface area contributed by atoms with Crippen LogP contribution in [0.4, 0.5) is 0 Å². The van der Waals surface area contributed by atoms with Gasteiger partial charge in [-0.15, -0.1) is 0 Å². The molecule has 0 spiro atoms. The van der Waals surface area contributed by atoms with E-state index in [0.717, 1.165) is 57.8 Å². The predicted molar refractivity (Wildman–Crippen MR) is 363 cm³/mol. The van der Waals surface area contributed by atoms with Gasteiger partial charge < -0.3 is 14.2 Å². The molecule has 0 rings (SSSR count). The monoisotopic (exact) mass is 1170 g/mol. The van der Waals surface area contributed by atoms with Gasteiger partial charge in [-0.05, 0) is 19.3 Å². The van der Waals surface area contributed by atoms with Gasteiger partial charge in [-0.3, -0.25) is 14.4 Å². The first-order chi connectivity index (χ1) is 41.0. The second-order valence-electron chi connectivity index (χ2n) is 26.6. The van der Waals surface area contributed by atoms with Crippen molar-refractivity contribution in [3.05, 3.63) is 0 Å². The fourth-order valence-corrected chi connectivity index (χ4v) is 12.3. The quantitative estimate of drug-likeness (QED) is 0.0343. The molecule has 0 bridgehead atoms. The molecule has 494 valence electrons. The Hall–Kier alpha value is -1.59. The maximum atomic E-state index is 12.9. The van der Waals surface area contributed by atoms with Crippen LogP contribution in [-0.4, -0.2) is 37.2 Å². The Balaban J connectivity index is 4.01. The number of carbonyl (C=O) groups excluding carboxylic acids is 3. The number of hydrogen-bond acceptors (Lipinski definition) is 6. The lowest BCUT2D eigenvalue weighted by Gasteiger charge is -2.18. The highest BCUT2D eigenvalue weighted by Crippen LogP contribution is 2.20. The van der Waals surface area contributed by atoms with E-state index in [1.54, 1.807) is 0 Å². The summed E-state index contributed by atoms with van der Waals surface area (Å²) in [6.07, 6.45) is 87.5. The maximum Gasteiger partial charge on any atom is 0.306 e. The number of unbranched alkanes of at least 4 members (excludes halogenated alkanes) is 62. The van der Waals surface area contributed by atoms with E-state index < -0.39 is 6.10 Å². The highest BCUT2D eigenvalue weighted by molar-refractivity contribution is 5.71. The molecule has 83 heavy (non-hydrogen) atoms. The van der Waals surface area contributed by atoms with Crippen molar-refractivity contribution in [1.29, 1.82) is 0 Å². The second kappa shape index (κ2) is 72.9. The molecule has 0 aliphatic heterocycles. The van der Waals surface area contributed by atoms with Crippen LogP contribution >= 0.6 is 0 Å². The van der Waals surface area contributed by atoms with Gasteiger partial charge >= 0.3 is 17.9 Å². The van der Waals surface area contributed by atoms with Gasteiger partial charge in [-0.1, -0.05) is 419 Å². The molecule has 6 nitrogen and oxygen atoms in total. The van der Waals surface area contributed by atoms with E-state index in [1.807, 2.05) is 0 Å². The highest BCUT2D eigenvalue weighted by atomic mass is 16.6. The molecule has 0 N–H and O–H groups in total. The van der Waals surface area contributed by atoms with Crippen molar-refractivity contribution in [2.24, 2.45) is 0 Å². The molecular weight excluding hydrogens is 1020 g/mol. The largest absolute Gasteiger partial charge is 0.462 e. The summed E-state index contributed by atoms with van der Waals surface area (Å²) in [6.45, 7) is 6.74. The molecule has 0 saturated heterocycles. The van der Waals surface area contributed by atoms with E-state index >= 15 is 0 Å².